The Bertz CT molecular complexity index is 911. The normalized spacial score (nSPS) is 11.9. The maximum absolute atomic E-state index is 6.21. The van der Waals surface area contributed by atoms with Crippen molar-refractivity contribution in [1.82, 2.24) is 0 Å². The highest BCUT2D eigenvalue weighted by atomic mass is 79.9. The molecule has 0 bridgehead atoms. The average Bonchev–Trinajstić information content (AvgIpc) is 2.44. The van der Waals surface area contributed by atoms with Gasteiger partial charge in [0.15, 0.2) is 0 Å². The third-order valence-electron chi connectivity index (χ3n) is 3.88. The number of nitrogen functional groups attached to an aromatic ring is 2. The van der Waals surface area contributed by atoms with Crippen LogP contribution in [0, 0.1) is 0 Å². The predicted octanol–water partition coefficient (Wildman–Crippen LogP) is 5.27. The van der Waals surface area contributed by atoms with Gasteiger partial charge in [0.1, 0.15) is 0 Å². The SMILES string of the molecule is Nc1c(Br)cc2ccc3c(N)c(Br)cc4ccc1c2c43. The van der Waals surface area contributed by atoms with Crippen LogP contribution in [-0.4, -0.2) is 0 Å². The Kier molecular flexibility index (Phi) is 2.44. The summed E-state index contributed by atoms with van der Waals surface area (Å²) in [5, 5.41) is 6.82. The van der Waals surface area contributed by atoms with Crippen LogP contribution >= 0.6 is 31.9 Å². The predicted molar refractivity (Wildman–Crippen MR) is 94.4 cm³/mol. The van der Waals surface area contributed by atoms with Crippen LogP contribution in [0.5, 0.6) is 0 Å². The van der Waals surface area contributed by atoms with E-state index >= 15 is 0 Å². The summed E-state index contributed by atoms with van der Waals surface area (Å²) in [5.74, 6) is 0. The molecule has 0 spiro atoms. The van der Waals surface area contributed by atoms with Gasteiger partial charge in [-0.25, -0.2) is 0 Å². The van der Waals surface area contributed by atoms with Gasteiger partial charge < -0.3 is 11.5 Å². The van der Waals surface area contributed by atoms with E-state index in [9.17, 15) is 0 Å². The van der Waals surface area contributed by atoms with E-state index in [1.807, 2.05) is 0 Å². The molecule has 0 atom stereocenters. The highest BCUT2D eigenvalue weighted by Crippen LogP contribution is 2.43. The molecule has 0 heterocycles. The first-order valence-electron chi connectivity index (χ1n) is 6.18. The van der Waals surface area contributed by atoms with E-state index in [4.69, 9.17) is 11.5 Å². The average molecular weight is 390 g/mol. The Hall–Kier alpha value is -1.52. The largest absolute Gasteiger partial charge is 0.397 e. The molecule has 4 rings (SSSR count). The molecule has 0 amide bonds. The highest BCUT2D eigenvalue weighted by molar-refractivity contribution is 9.11. The molecule has 2 nitrogen and oxygen atoms in total. The van der Waals surface area contributed by atoms with Crippen LogP contribution < -0.4 is 11.5 Å². The maximum atomic E-state index is 6.21. The van der Waals surface area contributed by atoms with Gasteiger partial charge >= 0.3 is 0 Å². The molecule has 0 aromatic heterocycles. The van der Waals surface area contributed by atoms with Crippen LogP contribution in [0.1, 0.15) is 0 Å². The van der Waals surface area contributed by atoms with Crippen LogP contribution in [0.3, 0.4) is 0 Å². The summed E-state index contributed by atoms with van der Waals surface area (Å²) < 4.78 is 1.86. The third-order valence-corrected chi connectivity index (χ3v) is 5.20. The van der Waals surface area contributed by atoms with Gasteiger partial charge in [-0.3, -0.25) is 0 Å². The zero-order chi connectivity index (χ0) is 14.0. The van der Waals surface area contributed by atoms with Crippen LogP contribution in [0.25, 0.3) is 32.3 Å². The van der Waals surface area contributed by atoms with Crippen molar-refractivity contribution < 1.29 is 0 Å². The van der Waals surface area contributed by atoms with E-state index in [-0.39, 0.29) is 0 Å². The van der Waals surface area contributed by atoms with E-state index in [0.29, 0.717) is 0 Å². The van der Waals surface area contributed by atoms with Gasteiger partial charge in [-0.2, -0.15) is 0 Å². The summed E-state index contributed by atoms with van der Waals surface area (Å²) in [4.78, 5) is 0. The molecular weight excluding hydrogens is 380 g/mol. The Morgan fingerprint density at radius 2 is 1.05 bits per heavy atom. The van der Waals surface area contributed by atoms with E-state index in [1.54, 1.807) is 0 Å². The minimum atomic E-state index is 0.772. The molecule has 0 unspecified atom stereocenters. The number of hydrogen-bond donors (Lipinski definition) is 2. The number of anilines is 2. The molecular formula is C16H10Br2N2. The molecule has 4 aromatic carbocycles. The number of halogens is 2. The van der Waals surface area contributed by atoms with Gasteiger partial charge in [0.25, 0.3) is 0 Å². The van der Waals surface area contributed by atoms with E-state index in [0.717, 1.165) is 31.1 Å². The van der Waals surface area contributed by atoms with Gasteiger partial charge in [0, 0.05) is 19.7 Å². The first kappa shape index (κ1) is 12.2. The Balaban J connectivity index is 2.42. The second-order valence-corrected chi connectivity index (χ2v) is 6.68. The molecule has 0 aliphatic carbocycles. The Morgan fingerprint density at radius 3 is 1.45 bits per heavy atom. The van der Waals surface area contributed by atoms with Crippen molar-refractivity contribution in [2.75, 3.05) is 11.5 Å². The molecule has 0 saturated carbocycles. The fourth-order valence-corrected chi connectivity index (χ4v) is 3.84. The van der Waals surface area contributed by atoms with Gasteiger partial charge in [0.05, 0.1) is 11.4 Å². The lowest BCUT2D eigenvalue weighted by Crippen LogP contribution is -1.94. The molecule has 4 aromatic rings. The van der Waals surface area contributed by atoms with Crippen molar-refractivity contribution >= 4 is 75.6 Å². The summed E-state index contributed by atoms with van der Waals surface area (Å²) in [6.45, 7) is 0. The lowest BCUT2D eigenvalue weighted by Gasteiger charge is -2.15. The van der Waals surface area contributed by atoms with Gasteiger partial charge in [-0.15, -0.1) is 0 Å². The van der Waals surface area contributed by atoms with E-state index in [2.05, 4.69) is 68.3 Å². The molecule has 0 radical (unpaired) electrons. The van der Waals surface area contributed by atoms with Crippen molar-refractivity contribution in [1.29, 1.82) is 0 Å². The molecule has 20 heavy (non-hydrogen) atoms. The first-order valence-corrected chi connectivity index (χ1v) is 7.77. The van der Waals surface area contributed by atoms with Crippen LogP contribution in [0.4, 0.5) is 11.4 Å². The van der Waals surface area contributed by atoms with Crippen molar-refractivity contribution in [3.63, 3.8) is 0 Å². The Labute approximate surface area is 132 Å². The maximum Gasteiger partial charge on any atom is 0.0538 e. The fraction of sp³-hybridized carbons (Fsp3) is 0. The second-order valence-electron chi connectivity index (χ2n) is 4.97. The van der Waals surface area contributed by atoms with E-state index in [1.165, 1.54) is 21.5 Å². The van der Waals surface area contributed by atoms with Crippen LogP contribution in [0.15, 0.2) is 45.3 Å². The molecule has 0 aliphatic rings. The quantitative estimate of drug-likeness (QED) is 0.317. The summed E-state index contributed by atoms with van der Waals surface area (Å²) in [5.41, 5.74) is 14.0. The number of hydrogen-bond acceptors (Lipinski definition) is 2. The van der Waals surface area contributed by atoms with Crippen molar-refractivity contribution in [2.45, 2.75) is 0 Å². The minimum Gasteiger partial charge on any atom is -0.397 e. The smallest absolute Gasteiger partial charge is 0.0538 e. The lowest BCUT2D eigenvalue weighted by atomic mass is 9.93. The topological polar surface area (TPSA) is 52.0 Å². The van der Waals surface area contributed by atoms with Crippen molar-refractivity contribution in [3.8, 4) is 0 Å². The molecule has 98 valence electrons. The monoisotopic (exact) mass is 388 g/mol. The Morgan fingerprint density at radius 1 is 0.650 bits per heavy atom. The van der Waals surface area contributed by atoms with Crippen molar-refractivity contribution in [2.24, 2.45) is 0 Å². The molecule has 0 aliphatic heterocycles. The van der Waals surface area contributed by atoms with Crippen LogP contribution in [-0.2, 0) is 0 Å². The summed E-state index contributed by atoms with van der Waals surface area (Å²) in [6, 6.07) is 12.5. The summed E-state index contributed by atoms with van der Waals surface area (Å²) in [6.07, 6.45) is 0. The van der Waals surface area contributed by atoms with Crippen LogP contribution in [0.2, 0.25) is 0 Å². The second kappa shape index (κ2) is 3.99. The van der Waals surface area contributed by atoms with Gasteiger partial charge in [-0.05, 0) is 65.5 Å². The molecule has 4 heteroatoms. The molecule has 0 fully saturated rings. The number of rotatable bonds is 0. The number of nitrogens with two attached hydrogens (primary N) is 2. The number of benzene rings is 4. The summed E-state index contributed by atoms with van der Waals surface area (Å²) in [7, 11) is 0. The van der Waals surface area contributed by atoms with Gasteiger partial charge in [-0.1, -0.05) is 24.3 Å². The third kappa shape index (κ3) is 1.43. The zero-order valence-corrected chi connectivity index (χ0v) is 13.5. The summed E-state index contributed by atoms with van der Waals surface area (Å²) >= 11 is 7.06. The molecule has 4 N–H and O–H groups in total. The van der Waals surface area contributed by atoms with Crippen molar-refractivity contribution in [3.05, 3.63) is 45.3 Å². The lowest BCUT2D eigenvalue weighted by molar-refractivity contribution is 1.69. The highest BCUT2D eigenvalue weighted by Gasteiger charge is 2.14. The minimum absolute atomic E-state index is 0.772. The standard InChI is InChI=1S/C16H10Br2N2/c17-11-5-7-1-3-9-14-8(6-12(18)15(9)19)2-4-10(13(7)14)16(11)20/h1-6H,19-20H2. The van der Waals surface area contributed by atoms with Gasteiger partial charge in [0.2, 0.25) is 0 Å². The fourth-order valence-electron chi connectivity index (χ4n) is 2.92. The zero-order valence-electron chi connectivity index (χ0n) is 10.4. The van der Waals surface area contributed by atoms with E-state index < -0.39 is 0 Å². The first-order chi connectivity index (χ1) is 9.58. The molecule has 0 saturated heterocycles.